The van der Waals surface area contributed by atoms with Crippen LogP contribution in [-0.4, -0.2) is 44.5 Å². The fraction of sp³-hybridized carbons (Fsp3) is 0.500. The highest BCUT2D eigenvalue weighted by atomic mass is 32.2. The first-order chi connectivity index (χ1) is 9.84. The molecule has 0 radical (unpaired) electrons. The molecule has 1 amide bonds. The van der Waals surface area contributed by atoms with Crippen LogP contribution in [0, 0.1) is 5.82 Å². The van der Waals surface area contributed by atoms with Crippen molar-refractivity contribution in [3.05, 3.63) is 35.6 Å². The summed E-state index contributed by atoms with van der Waals surface area (Å²) in [5.41, 5.74) is 0.476. The van der Waals surface area contributed by atoms with Crippen LogP contribution in [0.5, 0.6) is 0 Å². The van der Waals surface area contributed by atoms with E-state index < -0.39 is 10.0 Å². The zero-order chi connectivity index (χ0) is 15.9. The van der Waals surface area contributed by atoms with Gasteiger partial charge in [-0.25, -0.2) is 17.1 Å². The molecular formula is C14H21FN2O3S. The summed E-state index contributed by atoms with van der Waals surface area (Å²) in [6.45, 7) is 2.33. The quantitative estimate of drug-likeness (QED) is 0.782. The molecule has 0 saturated carbocycles. The number of nitrogens with zero attached hydrogens (tertiary/aromatic N) is 1. The average Bonchev–Trinajstić information content (AvgIpc) is 2.42. The van der Waals surface area contributed by atoms with Crippen LogP contribution in [0.4, 0.5) is 4.39 Å². The zero-order valence-corrected chi connectivity index (χ0v) is 13.1. The van der Waals surface area contributed by atoms with Gasteiger partial charge in [0.25, 0.3) is 0 Å². The van der Waals surface area contributed by atoms with Gasteiger partial charge in [0.1, 0.15) is 5.82 Å². The minimum atomic E-state index is -3.39. The second kappa shape index (κ2) is 8.09. The maximum atomic E-state index is 13.5. The molecule has 0 aliphatic rings. The summed E-state index contributed by atoms with van der Waals surface area (Å²) in [6, 6.07) is 6.29. The minimum absolute atomic E-state index is 0.127. The van der Waals surface area contributed by atoms with E-state index in [2.05, 4.69) is 5.32 Å². The summed E-state index contributed by atoms with van der Waals surface area (Å²) in [4.78, 5) is 11.1. The number of hydrogen-bond donors (Lipinski definition) is 1. The number of carbonyl (C=O) groups excluding carboxylic acids is 1. The second-order valence-corrected chi connectivity index (χ2v) is 6.69. The van der Waals surface area contributed by atoms with Crippen molar-refractivity contribution < 1.29 is 17.6 Å². The molecule has 0 aliphatic carbocycles. The van der Waals surface area contributed by atoms with Crippen LogP contribution >= 0.6 is 0 Å². The van der Waals surface area contributed by atoms with E-state index in [4.69, 9.17) is 0 Å². The summed E-state index contributed by atoms with van der Waals surface area (Å²) < 4.78 is 38.2. The number of rotatable bonds is 8. The van der Waals surface area contributed by atoms with Crippen LogP contribution in [0.15, 0.2) is 24.3 Å². The average molecular weight is 316 g/mol. The number of nitrogens with one attached hydrogen (secondary N) is 1. The van der Waals surface area contributed by atoms with Gasteiger partial charge < -0.3 is 5.32 Å². The van der Waals surface area contributed by atoms with Gasteiger partial charge in [-0.1, -0.05) is 25.1 Å². The van der Waals surface area contributed by atoms with Crippen LogP contribution in [0.1, 0.15) is 18.9 Å². The second-order valence-electron chi connectivity index (χ2n) is 4.71. The lowest BCUT2D eigenvalue weighted by atomic mass is 10.1. The molecule has 1 rings (SSSR count). The summed E-state index contributed by atoms with van der Waals surface area (Å²) in [7, 11) is -3.39. The largest absolute Gasteiger partial charge is 0.355 e. The number of hydrogen-bond acceptors (Lipinski definition) is 3. The van der Waals surface area contributed by atoms with E-state index in [1.54, 1.807) is 25.1 Å². The van der Waals surface area contributed by atoms with Crippen molar-refractivity contribution in [3.63, 3.8) is 0 Å². The van der Waals surface area contributed by atoms with Gasteiger partial charge in [-0.05, 0) is 18.1 Å². The first-order valence-electron chi connectivity index (χ1n) is 6.79. The highest BCUT2D eigenvalue weighted by Crippen LogP contribution is 2.09. The van der Waals surface area contributed by atoms with Gasteiger partial charge in [0.2, 0.25) is 15.9 Å². The number of carbonyl (C=O) groups is 1. The lowest BCUT2D eigenvalue weighted by Crippen LogP contribution is -2.39. The molecule has 1 N–H and O–H groups in total. The fourth-order valence-corrected chi connectivity index (χ4v) is 2.68. The Morgan fingerprint density at radius 2 is 1.95 bits per heavy atom. The number of benzene rings is 1. The van der Waals surface area contributed by atoms with E-state index in [-0.39, 0.29) is 31.4 Å². The Balaban J connectivity index is 2.59. The molecule has 0 aliphatic heterocycles. The molecule has 1 aromatic rings. The van der Waals surface area contributed by atoms with Crippen molar-refractivity contribution in [2.45, 2.75) is 19.8 Å². The number of sulfonamides is 1. The lowest BCUT2D eigenvalue weighted by Gasteiger charge is -2.20. The van der Waals surface area contributed by atoms with Crippen LogP contribution in [-0.2, 0) is 21.2 Å². The Morgan fingerprint density at radius 3 is 2.52 bits per heavy atom. The molecule has 118 valence electrons. The van der Waals surface area contributed by atoms with E-state index in [0.29, 0.717) is 18.4 Å². The van der Waals surface area contributed by atoms with Crippen molar-refractivity contribution in [1.82, 2.24) is 9.62 Å². The van der Waals surface area contributed by atoms with Crippen molar-refractivity contribution in [3.8, 4) is 0 Å². The third-order valence-corrected chi connectivity index (χ3v) is 4.37. The Kier molecular flexibility index (Phi) is 6.77. The van der Waals surface area contributed by atoms with Crippen molar-refractivity contribution in [2.24, 2.45) is 0 Å². The van der Waals surface area contributed by atoms with Crippen LogP contribution < -0.4 is 5.32 Å². The summed E-state index contributed by atoms with van der Waals surface area (Å²) in [5, 5.41) is 2.63. The molecule has 21 heavy (non-hydrogen) atoms. The van der Waals surface area contributed by atoms with Gasteiger partial charge in [-0.3, -0.25) is 4.79 Å². The smallest absolute Gasteiger partial charge is 0.219 e. The van der Waals surface area contributed by atoms with Gasteiger partial charge in [0.05, 0.1) is 6.26 Å². The first-order valence-corrected chi connectivity index (χ1v) is 8.64. The van der Waals surface area contributed by atoms with E-state index in [9.17, 15) is 17.6 Å². The monoisotopic (exact) mass is 316 g/mol. The fourth-order valence-electron chi connectivity index (χ4n) is 1.83. The summed E-state index contributed by atoms with van der Waals surface area (Å²) >= 11 is 0. The molecule has 0 spiro atoms. The maximum Gasteiger partial charge on any atom is 0.219 e. The topological polar surface area (TPSA) is 66.5 Å². The maximum absolute atomic E-state index is 13.5. The van der Waals surface area contributed by atoms with E-state index >= 15 is 0 Å². The molecule has 0 fully saturated rings. The van der Waals surface area contributed by atoms with Crippen molar-refractivity contribution >= 4 is 15.9 Å². The lowest BCUT2D eigenvalue weighted by molar-refractivity contribution is -0.120. The van der Waals surface area contributed by atoms with Crippen LogP contribution in [0.2, 0.25) is 0 Å². The standard InChI is InChI=1S/C14H21FN2O3S/c1-3-14(18)16-9-11-17(21(2,19)20)10-8-12-6-4-5-7-13(12)15/h4-7H,3,8-11H2,1-2H3,(H,16,18). The summed E-state index contributed by atoms with van der Waals surface area (Å²) in [5.74, 6) is -0.470. The van der Waals surface area contributed by atoms with Crippen LogP contribution in [0.3, 0.4) is 0 Å². The SMILES string of the molecule is CCC(=O)NCCN(CCc1ccccc1F)S(C)(=O)=O. The van der Waals surface area contributed by atoms with E-state index in [1.165, 1.54) is 10.4 Å². The van der Waals surface area contributed by atoms with Crippen molar-refractivity contribution in [2.75, 3.05) is 25.9 Å². The third-order valence-electron chi connectivity index (χ3n) is 3.06. The molecule has 0 unspecified atom stereocenters. The molecule has 7 heteroatoms. The highest BCUT2D eigenvalue weighted by Gasteiger charge is 2.17. The predicted molar refractivity (Wildman–Crippen MR) is 79.8 cm³/mol. The van der Waals surface area contributed by atoms with Gasteiger partial charge in [-0.2, -0.15) is 0 Å². The Morgan fingerprint density at radius 1 is 1.29 bits per heavy atom. The molecule has 0 aromatic heterocycles. The van der Waals surface area contributed by atoms with Crippen molar-refractivity contribution in [1.29, 1.82) is 0 Å². The molecule has 5 nitrogen and oxygen atoms in total. The first kappa shape index (κ1) is 17.6. The molecule has 0 bridgehead atoms. The summed E-state index contributed by atoms with van der Waals surface area (Å²) in [6.07, 6.45) is 1.76. The minimum Gasteiger partial charge on any atom is -0.355 e. The van der Waals surface area contributed by atoms with Gasteiger partial charge in [0.15, 0.2) is 0 Å². The van der Waals surface area contributed by atoms with Gasteiger partial charge in [-0.15, -0.1) is 0 Å². The zero-order valence-electron chi connectivity index (χ0n) is 12.3. The number of amides is 1. The Hall–Kier alpha value is -1.47. The number of halogens is 1. The molecule has 0 heterocycles. The van der Waals surface area contributed by atoms with Gasteiger partial charge in [0, 0.05) is 26.1 Å². The normalized spacial score (nSPS) is 11.6. The predicted octanol–water partition coefficient (Wildman–Crippen LogP) is 1.16. The van der Waals surface area contributed by atoms with Gasteiger partial charge >= 0.3 is 0 Å². The molecular weight excluding hydrogens is 295 g/mol. The van der Waals surface area contributed by atoms with E-state index in [0.717, 1.165) is 6.26 Å². The highest BCUT2D eigenvalue weighted by molar-refractivity contribution is 7.88. The molecule has 1 aromatic carbocycles. The van der Waals surface area contributed by atoms with Crippen LogP contribution in [0.25, 0.3) is 0 Å². The molecule has 0 saturated heterocycles. The Bertz CT molecular complexity index is 575. The third kappa shape index (κ3) is 6.22. The molecule has 0 atom stereocenters. The van der Waals surface area contributed by atoms with E-state index in [1.807, 2.05) is 0 Å². The Labute approximate surface area is 125 Å².